The summed E-state index contributed by atoms with van der Waals surface area (Å²) in [4.78, 5) is 15.6. The molecule has 9 nitrogen and oxygen atoms in total. The van der Waals surface area contributed by atoms with Crippen LogP contribution >= 0.6 is 0 Å². The molecule has 1 aromatic heterocycles. The molecule has 3 rings (SSSR count). The van der Waals surface area contributed by atoms with Gasteiger partial charge in [0.25, 0.3) is 5.91 Å². The van der Waals surface area contributed by atoms with Gasteiger partial charge in [0, 0.05) is 0 Å². The van der Waals surface area contributed by atoms with Gasteiger partial charge in [-0.1, -0.05) is 0 Å². The summed E-state index contributed by atoms with van der Waals surface area (Å²) in [5, 5.41) is 14.3. The molecule has 5 N–H and O–H groups in total. The van der Waals surface area contributed by atoms with Crippen molar-refractivity contribution in [3.8, 4) is 0 Å². The van der Waals surface area contributed by atoms with Crippen LogP contribution in [0.25, 0.3) is 0 Å². The van der Waals surface area contributed by atoms with Crippen LogP contribution in [-0.2, 0) is 9.47 Å². The lowest BCUT2D eigenvalue weighted by atomic mass is 10.3. The highest BCUT2D eigenvalue weighted by Crippen LogP contribution is 2.27. The highest BCUT2D eigenvalue weighted by Gasteiger charge is 2.33. The Hall–Kier alpha value is -1.68. The number of aliphatic hydroxyl groups excluding tert-OH is 1. The Labute approximate surface area is 102 Å². The Morgan fingerprint density at radius 1 is 1.61 bits per heavy atom. The summed E-state index contributed by atoms with van der Waals surface area (Å²) in [6.45, 7) is 0.0490. The van der Waals surface area contributed by atoms with E-state index in [0.29, 0.717) is 5.82 Å². The number of carbonyl (C=O) groups is 1. The molecular formula is C9H13N5O4. The van der Waals surface area contributed by atoms with E-state index in [-0.39, 0.29) is 24.8 Å². The van der Waals surface area contributed by atoms with Gasteiger partial charge < -0.3 is 25.2 Å². The minimum Gasteiger partial charge on any atom is -0.391 e. The van der Waals surface area contributed by atoms with Crippen molar-refractivity contribution in [2.45, 2.75) is 18.8 Å². The second kappa shape index (κ2) is 4.21. The van der Waals surface area contributed by atoms with E-state index in [1.807, 2.05) is 0 Å². The predicted octanol–water partition coefficient (Wildman–Crippen LogP) is -1.86. The summed E-state index contributed by atoms with van der Waals surface area (Å²) in [6, 6.07) is 0. The first kappa shape index (κ1) is 11.4. The van der Waals surface area contributed by atoms with Gasteiger partial charge in [-0.2, -0.15) is 0 Å². The highest BCUT2D eigenvalue weighted by atomic mass is 16.7. The molecule has 0 spiro atoms. The molecule has 18 heavy (non-hydrogen) atoms. The number of anilines is 1. The number of amides is 1. The number of imidazole rings is 1. The van der Waals surface area contributed by atoms with Crippen LogP contribution in [0.3, 0.4) is 0 Å². The number of rotatable bonds is 2. The number of fused-ring (bicyclic) bond motifs is 1. The van der Waals surface area contributed by atoms with Crippen LogP contribution in [0.1, 0.15) is 16.7 Å². The molecule has 1 amide bonds. The summed E-state index contributed by atoms with van der Waals surface area (Å²) in [5.74, 6) is 0.145. The second-order valence-electron chi connectivity index (χ2n) is 3.98. The number of hydrogen-bond donors (Lipinski definition) is 4. The zero-order valence-electron chi connectivity index (χ0n) is 9.37. The van der Waals surface area contributed by atoms with E-state index in [4.69, 9.17) is 20.3 Å². The van der Waals surface area contributed by atoms with Crippen molar-refractivity contribution in [3.63, 3.8) is 0 Å². The third kappa shape index (κ3) is 1.73. The summed E-state index contributed by atoms with van der Waals surface area (Å²) in [6.07, 6.45) is -0.289. The zero-order valence-corrected chi connectivity index (χ0v) is 9.37. The van der Waals surface area contributed by atoms with Crippen molar-refractivity contribution in [2.75, 3.05) is 18.5 Å². The minimum atomic E-state index is -0.670. The number of ether oxygens (including phenoxy) is 2. The number of aliphatic hydroxyl groups is 1. The Morgan fingerprint density at radius 2 is 2.44 bits per heavy atom. The first-order chi connectivity index (χ1) is 8.69. The molecule has 3 heterocycles. The fourth-order valence-corrected chi connectivity index (χ4v) is 1.97. The first-order valence-electron chi connectivity index (χ1n) is 5.47. The second-order valence-corrected chi connectivity index (χ2v) is 3.98. The van der Waals surface area contributed by atoms with Crippen LogP contribution in [0.2, 0.25) is 0 Å². The summed E-state index contributed by atoms with van der Waals surface area (Å²) >= 11 is 0. The molecule has 1 aromatic rings. The highest BCUT2D eigenvalue weighted by molar-refractivity contribution is 5.98. The zero-order chi connectivity index (χ0) is 12.7. The van der Waals surface area contributed by atoms with Gasteiger partial charge in [0.2, 0.25) is 0 Å². The predicted molar refractivity (Wildman–Crippen MR) is 58.2 cm³/mol. The molecule has 3 atom stereocenters. The van der Waals surface area contributed by atoms with Crippen molar-refractivity contribution >= 4 is 11.7 Å². The molecule has 0 aliphatic carbocycles. The molecular weight excluding hydrogens is 242 g/mol. The first-order valence-corrected chi connectivity index (χ1v) is 5.47. The summed E-state index contributed by atoms with van der Waals surface area (Å²) < 4.78 is 12.3. The standard InChI is InChI=1S/C9H13N5O4/c10-9-12-7-6(8(16)13-9)11-3-14(7)4-2-17-5(1-15)18-4/h3-5,9,12,15H,1-2,10H2,(H,13,16)/t4-,5-,9?/m1/s1. The van der Waals surface area contributed by atoms with Crippen LogP contribution in [0.4, 0.5) is 5.82 Å². The molecule has 1 saturated heterocycles. The van der Waals surface area contributed by atoms with Crippen LogP contribution in [0.15, 0.2) is 6.33 Å². The van der Waals surface area contributed by atoms with Gasteiger partial charge in [0.05, 0.1) is 19.5 Å². The van der Waals surface area contributed by atoms with Crippen LogP contribution in [0.5, 0.6) is 0 Å². The summed E-state index contributed by atoms with van der Waals surface area (Å²) in [7, 11) is 0. The van der Waals surface area contributed by atoms with E-state index in [9.17, 15) is 4.79 Å². The minimum absolute atomic E-state index is 0.221. The number of nitrogens with zero attached hydrogens (tertiary/aromatic N) is 2. The van der Waals surface area contributed by atoms with Gasteiger partial charge in [-0.25, -0.2) is 4.98 Å². The van der Waals surface area contributed by atoms with E-state index >= 15 is 0 Å². The average molecular weight is 255 g/mol. The normalized spacial score (nSPS) is 30.8. The van der Waals surface area contributed by atoms with Crippen LogP contribution in [-0.4, -0.2) is 46.4 Å². The fourth-order valence-electron chi connectivity index (χ4n) is 1.97. The van der Waals surface area contributed by atoms with Gasteiger partial charge in [-0.15, -0.1) is 0 Å². The number of aromatic nitrogens is 2. The SMILES string of the molecule is NC1NC(=O)c2ncn([C@H]3CO[C@@H](CO)O3)c2N1. The maximum Gasteiger partial charge on any atom is 0.276 e. The Bertz CT molecular complexity index is 476. The molecule has 2 aliphatic rings. The third-order valence-corrected chi connectivity index (χ3v) is 2.78. The molecule has 0 radical (unpaired) electrons. The largest absolute Gasteiger partial charge is 0.391 e. The molecule has 2 aliphatic heterocycles. The van der Waals surface area contributed by atoms with E-state index in [1.54, 1.807) is 4.57 Å². The number of hydrogen-bond acceptors (Lipinski definition) is 7. The average Bonchev–Trinajstić information content (AvgIpc) is 2.93. The third-order valence-electron chi connectivity index (χ3n) is 2.78. The maximum atomic E-state index is 11.6. The van der Waals surface area contributed by atoms with Crippen molar-refractivity contribution in [1.29, 1.82) is 0 Å². The van der Waals surface area contributed by atoms with E-state index in [1.165, 1.54) is 6.33 Å². The molecule has 0 aromatic carbocycles. The smallest absolute Gasteiger partial charge is 0.276 e. The lowest BCUT2D eigenvalue weighted by Gasteiger charge is -2.24. The molecule has 0 saturated carbocycles. The van der Waals surface area contributed by atoms with Crippen molar-refractivity contribution in [3.05, 3.63) is 12.0 Å². The Kier molecular flexibility index (Phi) is 2.67. The van der Waals surface area contributed by atoms with E-state index in [2.05, 4.69) is 15.6 Å². The van der Waals surface area contributed by atoms with Gasteiger partial charge in [0.15, 0.2) is 24.5 Å². The Morgan fingerprint density at radius 3 is 3.17 bits per heavy atom. The number of carbonyl (C=O) groups excluding carboxylic acids is 1. The van der Waals surface area contributed by atoms with Gasteiger partial charge in [-0.3, -0.25) is 15.1 Å². The van der Waals surface area contributed by atoms with Crippen molar-refractivity contribution in [2.24, 2.45) is 5.73 Å². The summed E-state index contributed by atoms with van der Waals surface area (Å²) in [5.41, 5.74) is 5.88. The fraction of sp³-hybridized carbons (Fsp3) is 0.556. The maximum absolute atomic E-state index is 11.6. The van der Waals surface area contributed by atoms with Gasteiger partial charge >= 0.3 is 0 Å². The topological polar surface area (TPSA) is 124 Å². The lowest BCUT2D eigenvalue weighted by Crippen LogP contribution is -2.51. The molecule has 0 bridgehead atoms. The van der Waals surface area contributed by atoms with Gasteiger partial charge in [0.1, 0.15) is 5.82 Å². The quantitative estimate of drug-likeness (QED) is 0.488. The molecule has 1 unspecified atom stereocenters. The Balaban J connectivity index is 1.88. The molecule has 9 heteroatoms. The van der Waals surface area contributed by atoms with Crippen LogP contribution < -0.4 is 16.4 Å². The number of nitrogens with two attached hydrogens (primary N) is 1. The molecule has 98 valence electrons. The molecule has 1 fully saturated rings. The van der Waals surface area contributed by atoms with Crippen molar-refractivity contribution < 1.29 is 19.4 Å². The monoisotopic (exact) mass is 255 g/mol. The van der Waals surface area contributed by atoms with Gasteiger partial charge in [-0.05, 0) is 0 Å². The van der Waals surface area contributed by atoms with Crippen molar-refractivity contribution in [1.82, 2.24) is 14.9 Å². The van der Waals surface area contributed by atoms with E-state index in [0.717, 1.165) is 0 Å². The van der Waals surface area contributed by atoms with Crippen LogP contribution in [0, 0.1) is 0 Å². The number of nitrogens with one attached hydrogen (secondary N) is 2. The lowest BCUT2D eigenvalue weighted by molar-refractivity contribution is -0.0983. The van der Waals surface area contributed by atoms with E-state index < -0.39 is 18.8 Å².